The smallest absolute Gasteiger partial charge is 0.0454 e. The molecule has 1 fully saturated rings. The maximum Gasteiger partial charge on any atom is 0.0454 e. The Morgan fingerprint density at radius 2 is 2.00 bits per heavy atom. The Balaban J connectivity index is 0.00000162. The molecule has 18 heavy (non-hydrogen) atoms. The van der Waals surface area contributed by atoms with Gasteiger partial charge in [-0.2, -0.15) is 0 Å². The van der Waals surface area contributed by atoms with Crippen molar-refractivity contribution in [3.05, 3.63) is 33.8 Å². The number of halogens is 3. The molecule has 0 aliphatic carbocycles. The fourth-order valence-corrected chi connectivity index (χ4v) is 2.74. The molecule has 1 saturated heterocycles. The summed E-state index contributed by atoms with van der Waals surface area (Å²) in [6, 6.07) is 6.02. The molecular formula is C13H19Cl3N2. The molecule has 0 bridgehead atoms. The summed E-state index contributed by atoms with van der Waals surface area (Å²) in [4.78, 5) is 2.46. The molecule has 0 amide bonds. The van der Waals surface area contributed by atoms with Gasteiger partial charge in [-0.05, 0) is 50.2 Å². The Kier molecular flexibility index (Phi) is 6.75. The van der Waals surface area contributed by atoms with Crippen LogP contribution in [-0.4, -0.2) is 31.1 Å². The van der Waals surface area contributed by atoms with E-state index in [4.69, 9.17) is 23.2 Å². The lowest BCUT2D eigenvalue weighted by atomic mass is 10.1. The molecule has 1 heterocycles. The van der Waals surface area contributed by atoms with Crippen molar-refractivity contribution in [3.63, 3.8) is 0 Å². The zero-order valence-electron chi connectivity index (χ0n) is 10.5. The molecular weight excluding hydrogens is 291 g/mol. The van der Waals surface area contributed by atoms with E-state index in [9.17, 15) is 0 Å². The van der Waals surface area contributed by atoms with Crippen molar-refractivity contribution in [2.75, 3.05) is 26.2 Å². The first-order valence-electron chi connectivity index (χ1n) is 6.08. The van der Waals surface area contributed by atoms with Crippen molar-refractivity contribution in [3.8, 4) is 0 Å². The zero-order valence-corrected chi connectivity index (χ0v) is 12.8. The highest BCUT2D eigenvalue weighted by Gasteiger charge is 2.19. The molecule has 2 nitrogen and oxygen atoms in total. The van der Waals surface area contributed by atoms with Gasteiger partial charge in [0.2, 0.25) is 0 Å². The molecule has 0 radical (unpaired) electrons. The number of nitrogens with zero attached hydrogens (tertiary/aromatic N) is 1. The molecule has 1 atom stereocenters. The van der Waals surface area contributed by atoms with Crippen LogP contribution in [-0.2, 0) is 0 Å². The van der Waals surface area contributed by atoms with Crippen LogP contribution in [0.2, 0.25) is 10.0 Å². The fraction of sp³-hybridized carbons (Fsp3) is 0.538. The van der Waals surface area contributed by atoms with Gasteiger partial charge in [-0.15, -0.1) is 12.4 Å². The number of benzene rings is 1. The third kappa shape index (κ3) is 4.01. The summed E-state index contributed by atoms with van der Waals surface area (Å²) in [7, 11) is 0. The van der Waals surface area contributed by atoms with Gasteiger partial charge in [0.25, 0.3) is 0 Å². The van der Waals surface area contributed by atoms with Crippen LogP contribution in [0, 0.1) is 0 Å². The molecule has 5 heteroatoms. The second kappa shape index (κ2) is 7.56. The zero-order chi connectivity index (χ0) is 12.3. The van der Waals surface area contributed by atoms with Crippen molar-refractivity contribution in [1.29, 1.82) is 0 Å². The Hall–Kier alpha value is 0.01000. The van der Waals surface area contributed by atoms with Crippen molar-refractivity contribution < 1.29 is 0 Å². The standard InChI is InChI=1S/C13H18Cl2N2.ClH/c1-10(17-7-2-5-16-6-8-17)12-9-11(14)3-4-13(12)15;/h3-4,9-10,16H,2,5-8H2,1H3;1H. The molecule has 2 rings (SSSR count). The Morgan fingerprint density at radius 1 is 1.22 bits per heavy atom. The number of nitrogens with one attached hydrogen (secondary N) is 1. The Morgan fingerprint density at radius 3 is 2.78 bits per heavy atom. The lowest BCUT2D eigenvalue weighted by molar-refractivity contribution is 0.225. The molecule has 1 aromatic carbocycles. The van der Waals surface area contributed by atoms with Gasteiger partial charge < -0.3 is 5.32 Å². The predicted molar refractivity (Wildman–Crippen MR) is 81.2 cm³/mol. The Labute approximate surface area is 125 Å². The molecule has 1 aliphatic heterocycles. The van der Waals surface area contributed by atoms with Gasteiger partial charge in [-0.3, -0.25) is 4.90 Å². The quantitative estimate of drug-likeness (QED) is 0.894. The maximum atomic E-state index is 6.25. The molecule has 1 unspecified atom stereocenters. The molecule has 1 N–H and O–H groups in total. The molecule has 0 saturated carbocycles. The lowest BCUT2D eigenvalue weighted by Crippen LogP contribution is -2.30. The van der Waals surface area contributed by atoms with Crippen molar-refractivity contribution in [1.82, 2.24) is 10.2 Å². The van der Waals surface area contributed by atoms with Crippen LogP contribution in [0.15, 0.2) is 18.2 Å². The highest BCUT2D eigenvalue weighted by atomic mass is 35.5. The second-order valence-electron chi connectivity index (χ2n) is 4.48. The average Bonchev–Trinajstić information content (AvgIpc) is 2.60. The summed E-state index contributed by atoms with van der Waals surface area (Å²) in [6.45, 7) is 6.51. The van der Waals surface area contributed by atoms with Gasteiger partial charge in [0.15, 0.2) is 0 Å². The van der Waals surface area contributed by atoms with Gasteiger partial charge >= 0.3 is 0 Å². The summed E-state index contributed by atoms with van der Waals surface area (Å²) in [5.41, 5.74) is 1.13. The van der Waals surface area contributed by atoms with E-state index in [-0.39, 0.29) is 12.4 Å². The van der Waals surface area contributed by atoms with Gasteiger partial charge in [0.05, 0.1) is 0 Å². The molecule has 1 aliphatic rings. The summed E-state index contributed by atoms with van der Waals surface area (Å²) in [5, 5.41) is 4.97. The van der Waals surface area contributed by atoms with E-state index in [1.807, 2.05) is 18.2 Å². The van der Waals surface area contributed by atoms with E-state index in [0.717, 1.165) is 41.8 Å². The summed E-state index contributed by atoms with van der Waals surface area (Å²) >= 11 is 12.3. The normalized spacial score (nSPS) is 18.8. The van der Waals surface area contributed by atoms with E-state index < -0.39 is 0 Å². The van der Waals surface area contributed by atoms with Crippen molar-refractivity contribution in [2.45, 2.75) is 19.4 Å². The van der Waals surface area contributed by atoms with Crippen LogP contribution in [0.3, 0.4) is 0 Å². The highest BCUT2D eigenvalue weighted by Crippen LogP contribution is 2.30. The van der Waals surface area contributed by atoms with E-state index in [1.165, 1.54) is 6.42 Å². The van der Waals surface area contributed by atoms with Crippen LogP contribution < -0.4 is 5.32 Å². The minimum Gasteiger partial charge on any atom is -0.315 e. The monoisotopic (exact) mass is 308 g/mol. The molecule has 0 spiro atoms. The average molecular weight is 310 g/mol. The lowest BCUT2D eigenvalue weighted by Gasteiger charge is -2.28. The first-order valence-corrected chi connectivity index (χ1v) is 6.84. The summed E-state index contributed by atoms with van der Waals surface area (Å²) in [6.07, 6.45) is 1.18. The number of hydrogen-bond donors (Lipinski definition) is 1. The third-order valence-electron chi connectivity index (χ3n) is 3.33. The van der Waals surface area contributed by atoms with Gasteiger partial charge in [0.1, 0.15) is 0 Å². The minimum atomic E-state index is 0. The summed E-state index contributed by atoms with van der Waals surface area (Å²) < 4.78 is 0. The van der Waals surface area contributed by atoms with Crippen molar-refractivity contribution in [2.24, 2.45) is 0 Å². The van der Waals surface area contributed by atoms with Crippen LogP contribution in [0.4, 0.5) is 0 Å². The predicted octanol–water partition coefficient (Wildman–Crippen LogP) is 3.77. The van der Waals surface area contributed by atoms with Crippen molar-refractivity contribution >= 4 is 35.6 Å². The van der Waals surface area contributed by atoms with Crippen LogP contribution >= 0.6 is 35.6 Å². The van der Waals surface area contributed by atoms with Gasteiger partial charge in [-0.25, -0.2) is 0 Å². The van der Waals surface area contributed by atoms with Crippen LogP contribution in [0.25, 0.3) is 0 Å². The second-order valence-corrected chi connectivity index (χ2v) is 5.32. The number of hydrogen-bond acceptors (Lipinski definition) is 2. The molecule has 1 aromatic rings. The molecule has 102 valence electrons. The third-order valence-corrected chi connectivity index (χ3v) is 3.91. The largest absolute Gasteiger partial charge is 0.315 e. The van der Waals surface area contributed by atoms with Crippen LogP contribution in [0.5, 0.6) is 0 Å². The minimum absolute atomic E-state index is 0. The molecule has 0 aromatic heterocycles. The topological polar surface area (TPSA) is 15.3 Å². The highest BCUT2D eigenvalue weighted by molar-refractivity contribution is 6.33. The maximum absolute atomic E-state index is 6.25. The first kappa shape index (κ1) is 16.1. The van der Waals surface area contributed by atoms with E-state index in [1.54, 1.807) is 0 Å². The summed E-state index contributed by atoms with van der Waals surface area (Å²) in [5.74, 6) is 0. The van der Waals surface area contributed by atoms with Gasteiger partial charge in [0, 0.05) is 29.2 Å². The van der Waals surface area contributed by atoms with Gasteiger partial charge in [-0.1, -0.05) is 23.2 Å². The van der Waals surface area contributed by atoms with E-state index in [2.05, 4.69) is 17.1 Å². The SMILES string of the molecule is CC(c1cc(Cl)ccc1Cl)N1CCCNCC1.Cl. The van der Waals surface area contributed by atoms with Crippen LogP contribution in [0.1, 0.15) is 24.9 Å². The first-order chi connectivity index (χ1) is 8.18. The van der Waals surface area contributed by atoms with E-state index in [0.29, 0.717) is 6.04 Å². The Bertz CT molecular complexity index is 376. The number of rotatable bonds is 2. The van der Waals surface area contributed by atoms with E-state index >= 15 is 0 Å². The fourth-order valence-electron chi connectivity index (χ4n) is 2.29.